The minimum absolute atomic E-state index is 0.111. The molecule has 0 radical (unpaired) electrons. The molecule has 0 unspecified atom stereocenters. The van der Waals surface area contributed by atoms with Gasteiger partial charge in [-0.3, -0.25) is 14.5 Å². The van der Waals surface area contributed by atoms with Gasteiger partial charge in [-0.25, -0.2) is 9.48 Å². The van der Waals surface area contributed by atoms with E-state index in [4.69, 9.17) is 18.9 Å². The standard InChI is InChI=1S/C31H33N5O7/c1-40-26-15-12-21(17-27(26)41-2)29(30(38)32-18-23-7-6-16-43-23)36(22-13-10-20(11-14-22)31(39)42-3)28(37)19-35-25-9-5-4-8-24(25)33-34-35/h4-5,8-15,17,23,29H,6-7,16,18-19H2,1-3H3,(H,32,38)/t23-,29+/m0/s1. The first-order chi connectivity index (χ1) is 20.9. The van der Waals surface area contributed by atoms with E-state index in [1.54, 1.807) is 48.5 Å². The molecule has 1 fully saturated rings. The number of nitrogens with zero attached hydrogens (tertiary/aromatic N) is 4. The Morgan fingerprint density at radius 3 is 2.49 bits per heavy atom. The van der Waals surface area contributed by atoms with E-state index in [-0.39, 0.29) is 12.6 Å². The minimum atomic E-state index is -1.13. The first-order valence-electron chi connectivity index (χ1n) is 13.8. The average molecular weight is 588 g/mol. The average Bonchev–Trinajstić information content (AvgIpc) is 3.72. The Bertz CT molecular complexity index is 1600. The zero-order valence-electron chi connectivity index (χ0n) is 24.2. The summed E-state index contributed by atoms with van der Waals surface area (Å²) in [5.74, 6) is -0.513. The highest BCUT2D eigenvalue weighted by Gasteiger charge is 2.34. The third kappa shape index (κ3) is 6.44. The number of aromatic nitrogens is 3. The topological polar surface area (TPSA) is 134 Å². The normalized spacial score (nSPS) is 15.1. The Morgan fingerprint density at radius 1 is 1.02 bits per heavy atom. The van der Waals surface area contributed by atoms with E-state index in [1.165, 1.54) is 30.9 Å². The summed E-state index contributed by atoms with van der Waals surface area (Å²) >= 11 is 0. The summed E-state index contributed by atoms with van der Waals surface area (Å²) in [5, 5.41) is 11.3. The molecule has 1 N–H and O–H groups in total. The number of methoxy groups -OCH3 is 3. The maximum Gasteiger partial charge on any atom is 0.337 e. The molecule has 1 aliphatic heterocycles. The molecule has 0 spiro atoms. The van der Waals surface area contributed by atoms with Crippen LogP contribution in [-0.2, 0) is 25.6 Å². The third-order valence-corrected chi connectivity index (χ3v) is 7.30. The molecule has 2 atom stereocenters. The fraction of sp³-hybridized carbons (Fsp3) is 0.323. The maximum atomic E-state index is 14.3. The first-order valence-corrected chi connectivity index (χ1v) is 13.8. The van der Waals surface area contributed by atoms with Gasteiger partial charge in [-0.15, -0.1) is 5.10 Å². The van der Waals surface area contributed by atoms with Crippen LogP contribution < -0.4 is 19.7 Å². The van der Waals surface area contributed by atoms with Gasteiger partial charge in [-0.1, -0.05) is 23.4 Å². The first kappa shape index (κ1) is 29.5. The predicted octanol–water partition coefficient (Wildman–Crippen LogP) is 3.30. The smallest absolute Gasteiger partial charge is 0.337 e. The number of carbonyl (C=O) groups excluding carboxylic acids is 3. The molecule has 3 aromatic carbocycles. The summed E-state index contributed by atoms with van der Waals surface area (Å²) in [4.78, 5) is 41.9. The van der Waals surface area contributed by atoms with Gasteiger partial charge in [0.15, 0.2) is 11.5 Å². The van der Waals surface area contributed by atoms with Gasteiger partial charge >= 0.3 is 5.97 Å². The summed E-state index contributed by atoms with van der Waals surface area (Å²) in [6, 6.07) is 17.5. The number of para-hydroxylation sites is 1. The van der Waals surface area contributed by atoms with Gasteiger partial charge in [0.05, 0.1) is 38.5 Å². The second-order valence-electron chi connectivity index (χ2n) is 9.94. The van der Waals surface area contributed by atoms with Crippen LogP contribution in [0.3, 0.4) is 0 Å². The fourth-order valence-electron chi connectivity index (χ4n) is 5.11. The number of nitrogens with one attached hydrogen (secondary N) is 1. The molecular formula is C31H33N5O7. The number of carbonyl (C=O) groups is 3. The number of hydrogen-bond donors (Lipinski definition) is 1. The van der Waals surface area contributed by atoms with Crippen molar-refractivity contribution in [1.29, 1.82) is 0 Å². The molecular weight excluding hydrogens is 554 g/mol. The molecule has 0 bridgehead atoms. The van der Waals surface area contributed by atoms with Crippen LogP contribution in [0.15, 0.2) is 66.7 Å². The molecule has 4 aromatic rings. The highest BCUT2D eigenvalue weighted by molar-refractivity contribution is 6.02. The lowest BCUT2D eigenvalue weighted by molar-refractivity contribution is -0.127. The van der Waals surface area contributed by atoms with Crippen molar-refractivity contribution >= 4 is 34.5 Å². The van der Waals surface area contributed by atoms with Crippen molar-refractivity contribution < 1.29 is 33.3 Å². The quantitative estimate of drug-likeness (QED) is 0.262. The summed E-state index contributed by atoms with van der Waals surface area (Å²) < 4.78 is 23.0. The van der Waals surface area contributed by atoms with Crippen molar-refractivity contribution in [3.05, 3.63) is 77.9 Å². The van der Waals surface area contributed by atoms with Gasteiger partial charge in [0.25, 0.3) is 0 Å². The van der Waals surface area contributed by atoms with Crippen LogP contribution in [0.5, 0.6) is 11.5 Å². The lowest BCUT2D eigenvalue weighted by atomic mass is 10.0. The highest BCUT2D eigenvalue weighted by Crippen LogP contribution is 2.35. The third-order valence-electron chi connectivity index (χ3n) is 7.30. The van der Waals surface area contributed by atoms with Crippen molar-refractivity contribution in [3.8, 4) is 11.5 Å². The lowest BCUT2D eigenvalue weighted by Crippen LogP contribution is -2.46. The Hall–Kier alpha value is -4.97. The number of fused-ring (bicyclic) bond motifs is 1. The number of ether oxygens (including phenoxy) is 4. The van der Waals surface area contributed by atoms with Crippen molar-refractivity contribution in [2.75, 3.05) is 39.4 Å². The second-order valence-corrected chi connectivity index (χ2v) is 9.94. The zero-order chi connectivity index (χ0) is 30.3. The Morgan fingerprint density at radius 2 is 1.79 bits per heavy atom. The van der Waals surface area contributed by atoms with Crippen LogP contribution in [0.25, 0.3) is 11.0 Å². The van der Waals surface area contributed by atoms with E-state index in [9.17, 15) is 14.4 Å². The molecule has 0 saturated carbocycles. The highest BCUT2D eigenvalue weighted by atomic mass is 16.5. The molecule has 1 aliphatic rings. The predicted molar refractivity (Wildman–Crippen MR) is 157 cm³/mol. The second kappa shape index (κ2) is 13.3. The molecule has 43 heavy (non-hydrogen) atoms. The lowest BCUT2D eigenvalue weighted by Gasteiger charge is -2.32. The summed E-state index contributed by atoms with van der Waals surface area (Å²) in [6.45, 7) is 0.727. The largest absolute Gasteiger partial charge is 0.493 e. The summed E-state index contributed by atoms with van der Waals surface area (Å²) in [7, 11) is 4.31. The number of hydrogen-bond acceptors (Lipinski definition) is 9. The van der Waals surface area contributed by atoms with Crippen LogP contribution in [0.1, 0.15) is 34.8 Å². The van der Waals surface area contributed by atoms with Crippen LogP contribution in [0, 0.1) is 0 Å². The van der Waals surface area contributed by atoms with Crippen LogP contribution in [0.2, 0.25) is 0 Å². The van der Waals surface area contributed by atoms with Crippen molar-refractivity contribution in [2.24, 2.45) is 0 Å². The minimum Gasteiger partial charge on any atom is -0.493 e. The molecule has 2 heterocycles. The Kier molecular flexibility index (Phi) is 9.16. The maximum absolute atomic E-state index is 14.3. The molecule has 2 amide bonds. The zero-order valence-corrected chi connectivity index (χ0v) is 24.2. The SMILES string of the molecule is COC(=O)c1ccc(N(C(=O)Cn2nnc3ccccc32)[C@@H](C(=O)NC[C@@H]2CCCO2)c2ccc(OC)c(OC)c2)cc1. The summed E-state index contributed by atoms with van der Waals surface area (Å²) in [5.41, 5.74) is 2.47. The van der Waals surface area contributed by atoms with Gasteiger partial charge in [-0.05, 0) is 66.9 Å². The van der Waals surface area contributed by atoms with Crippen molar-refractivity contribution in [3.63, 3.8) is 0 Å². The van der Waals surface area contributed by atoms with E-state index >= 15 is 0 Å². The van der Waals surface area contributed by atoms with Crippen molar-refractivity contribution in [2.45, 2.75) is 31.5 Å². The van der Waals surface area contributed by atoms with E-state index in [0.717, 1.165) is 12.8 Å². The number of benzene rings is 3. The molecule has 1 saturated heterocycles. The van der Waals surface area contributed by atoms with Gasteiger partial charge in [0.2, 0.25) is 11.8 Å². The van der Waals surface area contributed by atoms with E-state index < -0.39 is 23.8 Å². The fourth-order valence-corrected chi connectivity index (χ4v) is 5.11. The van der Waals surface area contributed by atoms with Crippen molar-refractivity contribution in [1.82, 2.24) is 20.3 Å². The number of esters is 1. The number of amides is 2. The van der Waals surface area contributed by atoms with E-state index in [0.29, 0.717) is 52.5 Å². The van der Waals surface area contributed by atoms with Crippen LogP contribution in [0.4, 0.5) is 5.69 Å². The molecule has 224 valence electrons. The van der Waals surface area contributed by atoms with Gasteiger partial charge in [0, 0.05) is 18.8 Å². The molecule has 1 aromatic heterocycles. The van der Waals surface area contributed by atoms with E-state index in [1.807, 2.05) is 18.2 Å². The van der Waals surface area contributed by atoms with Gasteiger partial charge in [0.1, 0.15) is 18.1 Å². The Balaban J connectivity index is 1.59. The molecule has 12 nitrogen and oxygen atoms in total. The van der Waals surface area contributed by atoms with Crippen LogP contribution in [-0.4, -0.2) is 73.4 Å². The molecule has 12 heteroatoms. The monoisotopic (exact) mass is 587 g/mol. The van der Waals surface area contributed by atoms with Gasteiger partial charge in [-0.2, -0.15) is 0 Å². The summed E-state index contributed by atoms with van der Waals surface area (Å²) in [6.07, 6.45) is 1.64. The molecule has 0 aliphatic carbocycles. The van der Waals surface area contributed by atoms with Crippen LogP contribution >= 0.6 is 0 Å². The van der Waals surface area contributed by atoms with Gasteiger partial charge < -0.3 is 24.3 Å². The van der Waals surface area contributed by atoms with E-state index in [2.05, 4.69) is 15.6 Å². The number of anilines is 1. The Labute approximate surface area is 248 Å². The number of rotatable bonds is 11. The molecule has 5 rings (SSSR count).